The maximum atomic E-state index is 13.6. The van der Waals surface area contributed by atoms with Crippen molar-refractivity contribution >= 4 is 11.6 Å². The Bertz CT molecular complexity index is 927. The maximum absolute atomic E-state index is 13.6. The molecule has 192 valence electrons. The van der Waals surface area contributed by atoms with Crippen molar-refractivity contribution in [2.24, 2.45) is 23.7 Å². The number of rotatable bonds is 5. The lowest BCUT2D eigenvalue weighted by Gasteiger charge is -2.38. The van der Waals surface area contributed by atoms with E-state index in [2.05, 4.69) is 4.90 Å². The Kier molecular flexibility index (Phi) is 7.95. The van der Waals surface area contributed by atoms with E-state index in [9.17, 15) is 18.0 Å². The zero-order valence-corrected chi connectivity index (χ0v) is 20.9. The maximum Gasteiger partial charge on any atom is 0.417 e. The number of hydrogen-bond donors (Lipinski definition) is 0. The molecular weight excluding hydrogens is 453 g/mol. The highest BCUT2D eigenvalue weighted by molar-refractivity contribution is 5.80. The minimum Gasteiger partial charge on any atom is -0.370 e. The van der Waals surface area contributed by atoms with E-state index in [4.69, 9.17) is 5.26 Å². The van der Waals surface area contributed by atoms with Gasteiger partial charge < -0.3 is 14.7 Å². The summed E-state index contributed by atoms with van der Waals surface area (Å²) < 4.78 is 40.7. The summed E-state index contributed by atoms with van der Waals surface area (Å²) >= 11 is 0. The highest BCUT2D eigenvalue weighted by Crippen LogP contribution is 2.41. The Morgan fingerprint density at radius 3 is 2.37 bits per heavy atom. The van der Waals surface area contributed by atoms with Crippen molar-refractivity contribution in [2.75, 3.05) is 51.7 Å². The zero-order chi connectivity index (χ0) is 25.2. The summed E-state index contributed by atoms with van der Waals surface area (Å²) in [4.78, 5) is 19.2. The first-order valence-electron chi connectivity index (χ1n) is 13.0. The van der Waals surface area contributed by atoms with Gasteiger partial charge in [0.15, 0.2) is 0 Å². The van der Waals surface area contributed by atoms with E-state index in [1.807, 2.05) is 4.90 Å². The number of benzene rings is 1. The summed E-state index contributed by atoms with van der Waals surface area (Å²) in [5.74, 6) is 1.13. The second-order valence-corrected chi connectivity index (χ2v) is 10.9. The van der Waals surface area contributed by atoms with Crippen LogP contribution in [0.25, 0.3) is 0 Å². The van der Waals surface area contributed by atoms with Crippen molar-refractivity contribution in [3.8, 4) is 6.07 Å². The molecule has 2 aliphatic heterocycles. The van der Waals surface area contributed by atoms with Crippen molar-refractivity contribution < 1.29 is 18.0 Å². The van der Waals surface area contributed by atoms with Gasteiger partial charge in [0, 0.05) is 39.4 Å². The summed E-state index contributed by atoms with van der Waals surface area (Å²) in [5.41, 5.74) is -0.846. The van der Waals surface area contributed by atoms with Crippen molar-refractivity contribution in [3.63, 3.8) is 0 Å². The van der Waals surface area contributed by atoms with Gasteiger partial charge in [0.05, 0.1) is 23.1 Å². The number of carbonyl (C=O) groups excluding carboxylic acids is 1. The third-order valence-corrected chi connectivity index (χ3v) is 8.40. The molecule has 1 aliphatic carbocycles. The first kappa shape index (κ1) is 25.8. The summed E-state index contributed by atoms with van der Waals surface area (Å²) in [7, 11) is 3.50. The van der Waals surface area contributed by atoms with Gasteiger partial charge in [0.25, 0.3) is 0 Å². The van der Waals surface area contributed by atoms with Gasteiger partial charge >= 0.3 is 6.18 Å². The fourth-order valence-corrected chi connectivity index (χ4v) is 6.47. The number of halogens is 3. The van der Waals surface area contributed by atoms with E-state index in [1.165, 1.54) is 44.7 Å². The molecule has 1 amide bonds. The van der Waals surface area contributed by atoms with Crippen LogP contribution in [-0.4, -0.2) is 62.5 Å². The normalized spacial score (nSPS) is 25.0. The number of carbonyl (C=O) groups is 1. The lowest BCUT2D eigenvalue weighted by Crippen LogP contribution is -2.42. The minimum absolute atomic E-state index is 0.0480. The first-order valence-corrected chi connectivity index (χ1v) is 13.0. The quantitative estimate of drug-likeness (QED) is 0.582. The predicted octanol–water partition coefficient (Wildman–Crippen LogP) is 5.01. The molecule has 2 atom stereocenters. The van der Waals surface area contributed by atoms with E-state index in [0.29, 0.717) is 24.7 Å². The van der Waals surface area contributed by atoms with Crippen molar-refractivity contribution in [1.29, 1.82) is 5.26 Å². The third kappa shape index (κ3) is 5.94. The Morgan fingerprint density at radius 2 is 1.77 bits per heavy atom. The molecule has 0 radical (unpaired) electrons. The number of alkyl halides is 3. The molecule has 0 N–H and O–H groups in total. The van der Waals surface area contributed by atoms with Crippen LogP contribution in [0.4, 0.5) is 18.9 Å². The molecule has 35 heavy (non-hydrogen) atoms. The average molecular weight is 491 g/mol. The molecule has 2 saturated heterocycles. The van der Waals surface area contributed by atoms with Crippen molar-refractivity contribution in [2.45, 2.75) is 51.1 Å². The molecule has 0 aromatic heterocycles. The molecule has 3 fully saturated rings. The average Bonchev–Trinajstić information content (AvgIpc) is 3.29. The van der Waals surface area contributed by atoms with Gasteiger partial charge in [-0.25, -0.2) is 0 Å². The molecule has 0 spiro atoms. The highest BCUT2D eigenvalue weighted by atomic mass is 19.4. The van der Waals surface area contributed by atoms with Gasteiger partial charge in [-0.15, -0.1) is 0 Å². The monoisotopic (exact) mass is 490 g/mol. The number of nitrogens with zero attached hydrogens (tertiary/aromatic N) is 4. The number of piperidine rings is 1. The van der Waals surface area contributed by atoms with Crippen LogP contribution in [0.5, 0.6) is 0 Å². The van der Waals surface area contributed by atoms with Crippen LogP contribution in [0.1, 0.15) is 56.1 Å². The van der Waals surface area contributed by atoms with Crippen LogP contribution in [0, 0.1) is 35.0 Å². The summed E-state index contributed by atoms with van der Waals surface area (Å²) in [6, 6.07) is 5.56. The Hall–Kier alpha value is -2.27. The molecule has 2 heterocycles. The SMILES string of the molecule is CN(C)C(=O)[C@@H]1CN(c2ccc(C#N)c(C(F)(F)F)c2)C[C@H]1C1CCN(CC2CCCCC2)CC1. The Morgan fingerprint density at radius 1 is 1.09 bits per heavy atom. The fourth-order valence-electron chi connectivity index (χ4n) is 6.47. The topological polar surface area (TPSA) is 50.6 Å². The van der Waals surface area contributed by atoms with Gasteiger partial charge in [0.2, 0.25) is 5.91 Å². The van der Waals surface area contributed by atoms with E-state index in [0.717, 1.165) is 37.9 Å². The van der Waals surface area contributed by atoms with Gasteiger partial charge in [-0.1, -0.05) is 19.3 Å². The Labute approximate surface area is 206 Å². The molecule has 3 aliphatic rings. The smallest absolute Gasteiger partial charge is 0.370 e. The zero-order valence-electron chi connectivity index (χ0n) is 20.9. The van der Waals surface area contributed by atoms with Gasteiger partial charge in [-0.3, -0.25) is 4.79 Å². The van der Waals surface area contributed by atoms with Crippen LogP contribution in [0.3, 0.4) is 0 Å². The van der Waals surface area contributed by atoms with Crippen LogP contribution in [-0.2, 0) is 11.0 Å². The van der Waals surface area contributed by atoms with Crippen LogP contribution in [0.15, 0.2) is 18.2 Å². The standard InChI is InChI=1S/C27H37F3N4O/c1-32(2)26(35)24-18-34(22-9-8-21(15-31)25(14-22)27(28,29)30)17-23(24)20-10-12-33(13-11-20)16-19-6-4-3-5-7-19/h8-9,14,19-20,23-24H,3-7,10-13,16-18H2,1-2H3/t23-,24+/m0/s1. The number of anilines is 1. The first-order chi connectivity index (χ1) is 16.7. The van der Waals surface area contributed by atoms with Crippen LogP contribution >= 0.6 is 0 Å². The molecule has 1 aromatic carbocycles. The Balaban J connectivity index is 1.47. The number of amides is 1. The number of likely N-dealkylation sites (tertiary alicyclic amines) is 1. The van der Waals surface area contributed by atoms with Crippen LogP contribution in [0.2, 0.25) is 0 Å². The van der Waals surface area contributed by atoms with E-state index in [-0.39, 0.29) is 23.3 Å². The number of nitriles is 1. The van der Waals surface area contributed by atoms with Crippen LogP contribution < -0.4 is 4.90 Å². The molecule has 0 unspecified atom stereocenters. The third-order valence-electron chi connectivity index (χ3n) is 8.40. The highest BCUT2D eigenvalue weighted by Gasteiger charge is 2.44. The van der Waals surface area contributed by atoms with Gasteiger partial charge in [0.1, 0.15) is 0 Å². The predicted molar refractivity (Wildman–Crippen MR) is 130 cm³/mol. The lowest BCUT2D eigenvalue weighted by atomic mass is 9.77. The number of hydrogen-bond acceptors (Lipinski definition) is 4. The second-order valence-electron chi connectivity index (χ2n) is 10.9. The van der Waals surface area contributed by atoms with Gasteiger partial charge in [-0.2, -0.15) is 18.4 Å². The van der Waals surface area contributed by atoms with E-state index < -0.39 is 11.7 Å². The molecule has 1 saturated carbocycles. The van der Waals surface area contributed by atoms with E-state index in [1.54, 1.807) is 31.1 Å². The summed E-state index contributed by atoms with van der Waals surface area (Å²) in [6.07, 6.45) is 4.19. The minimum atomic E-state index is -4.59. The molecule has 5 nitrogen and oxygen atoms in total. The largest absolute Gasteiger partial charge is 0.417 e. The summed E-state index contributed by atoms with van der Waals surface area (Å²) in [6.45, 7) is 4.23. The van der Waals surface area contributed by atoms with Crippen molar-refractivity contribution in [1.82, 2.24) is 9.80 Å². The molecular formula is C27H37F3N4O. The second kappa shape index (κ2) is 10.8. The lowest BCUT2D eigenvalue weighted by molar-refractivity contribution is -0.137. The summed E-state index contributed by atoms with van der Waals surface area (Å²) in [5, 5.41) is 9.13. The molecule has 8 heteroatoms. The molecule has 0 bridgehead atoms. The molecule has 1 aromatic rings. The fraction of sp³-hybridized carbons (Fsp3) is 0.704. The van der Waals surface area contributed by atoms with Gasteiger partial charge in [-0.05, 0) is 74.7 Å². The van der Waals surface area contributed by atoms with Crippen molar-refractivity contribution in [3.05, 3.63) is 29.3 Å². The van der Waals surface area contributed by atoms with E-state index >= 15 is 0 Å². The molecule has 4 rings (SSSR count).